The van der Waals surface area contributed by atoms with E-state index in [2.05, 4.69) is 5.32 Å². The number of carbonyl (C=O) groups is 4. The molecule has 140 valence electrons. The maximum absolute atomic E-state index is 10.5. The molecule has 0 aromatic heterocycles. The van der Waals surface area contributed by atoms with Crippen LogP contribution in [0, 0.1) is 6.92 Å². The number of carbonyl (C=O) groups excluding carboxylic acids is 2. The summed E-state index contributed by atoms with van der Waals surface area (Å²) in [5, 5.41) is 18.2. The monoisotopic (exact) mass is 355 g/mol. The van der Waals surface area contributed by atoms with Gasteiger partial charge in [0.25, 0.3) is 5.97 Å². The Kier molecular flexibility index (Phi) is 14.3. The van der Waals surface area contributed by atoms with Crippen LogP contribution in [0.15, 0.2) is 24.3 Å². The van der Waals surface area contributed by atoms with Crippen molar-refractivity contribution in [2.24, 2.45) is 0 Å². The van der Waals surface area contributed by atoms with Gasteiger partial charge >= 0.3 is 5.97 Å². The molecular formula is C17H25NO7. The Labute approximate surface area is 146 Å². The molecule has 0 aliphatic carbocycles. The van der Waals surface area contributed by atoms with Crippen molar-refractivity contribution in [3.63, 3.8) is 0 Å². The van der Waals surface area contributed by atoms with E-state index in [1.807, 2.05) is 19.1 Å². The van der Waals surface area contributed by atoms with Gasteiger partial charge in [0.15, 0.2) is 6.61 Å². The van der Waals surface area contributed by atoms with Crippen LogP contribution in [0.4, 0.5) is 0 Å². The number of ether oxygens (including phenoxy) is 1. The third-order valence-corrected chi connectivity index (χ3v) is 2.24. The van der Waals surface area contributed by atoms with Gasteiger partial charge in [-0.05, 0) is 26.0 Å². The van der Waals surface area contributed by atoms with Crippen LogP contribution in [-0.4, -0.2) is 47.0 Å². The Morgan fingerprint density at radius 1 is 1.04 bits per heavy atom. The summed E-state index contributed by atoms with van der Waals surface area (Å²) in [6, 6.07) is 7.24. The predicted molar refractivity (Wildman–Crippen MR) is 91.6 cm³/mol. The second-order valence-electron chi connectivity index (χ2n) is 4.85. The minimum absolute atomic E-state index is 0.0169. The van der Waals surface area contributed by atoms with E-state index in [9.17, 15) is 14.4 Å². The number of aliphatic carboxylic acids is 2. The highest BCUT2D eigenvalue weighted by Crippen LogP contribution is 2.10. The summed E-state index contributed by atoms with van der Waals surface area (Å²) in [6.45, 7) is 6.10. The van der Waals surface area contributed by atoms with Gasteiger partial charge in [0.1, 0.15) is 11.5 Å². The number of carboxylic acid groups (broad SMARTS) is 2. The first-order valence-electron chi connectivity index (χ1n) is 7.45. The second-order valence-corrected chi connectivity index (χ2v) is 4.85. The van der Waals surface area contributed by atoms with Crippen LogP contribution in [0.25, 0.3) is 0 Å². The molecule has 1 amide bonds. The maximum Gasteiger partial charge on any atom is 0.341 e. The van der Waals surface area contributed by atoms with Crippen molar-refractivity contribution in [3.05, 3.63) is 29.8 Å². The van der Waals surface area contributed by atoms with Crippen molar-refractivity contribution in [2.75, 3.05) is 13.2 Å². The molecule has 0 unspecified atom stereocenters. The van der Waals surface area contributed by atoms with E-state index in [4.69, 9.17) is 19.7 Å². The molecule has 0 spiro atoms. The molecular weight excluding hydrogens is 330 g/mol. The summed E-state index contributed by atoms with van der Waals surface area (Å²) in [7, 11) is 0. The van der Waals surface area contributed by atoms with Gasteiger partial charge in [-0.15, -0.1) is 0 Å². The molecule has 0 radical (unpaired) electrons. The number of carboxylic acids is 2. The van der Waals surface area contributed by atoms with Crippen LogP contribution < -0.4 is 10.1 Å². The first kappa shape index (κ1) is 24.4. The lowest BCUT2D eigenvalue weighted by Gasteiger charge is -2.01. The molecule has 1 rings (SSSR count). The average Bonchev–Trinajstić information content (AvgIpc) is 2.52. The number of ketones is 1. The molecule has 8 nitrogen and oxygen atoms in total. The molecule has 0 saturated heterocycles. The largest absolute Gasteiger partial charge is 0.482 e. The minimum Gasteiger partial charge on any atom is -0.482 e. The van der Waals surface area contributed by atoms with Crippen LogP contribution in [0.3, 0.4) is 0 Å². The number of hydrogen-bond acceptors (Lipinski definition) is 5. The van der Waals surface area contributed by atoms with E-state index in [0.29, 0.717) is 12.2 Å². The van der Waals surface area contributed by atoms with Gasteiger partial charge in [0, 0.05) is 13.3 Å². The highest BCUT2D eigenvalue weighted by molar-refractivity contribution is 5.84. The normalized spacial score (nSPS) is 8.64. The average molecular weight is 355 g/mol. The zero-order valence-electron chi connectivity index (χ0n) is 14.9. The molecule has 1 aromatic rings. The Morgan fingerprint density at radius 3 is 1.88 bits per heavy atom. The van der Waals surface area contributed by atoms with Crippen molar-refractivity contribution >= 4 is 23.6 Å². The van der Waals surface area contributed by atoms with Gasteiger partial charge in [-0.25, -0.2) is 4.79 Å². The first-order valence-corrected chi connectivity index (χ1v) is 7.45. The Hall–Kier alpha value is -2.90. The smallest absolute Gasteiger partial charge is 0.341 e. The van der Waals surface area contributed by atoms with Crippen LogP contribution >= 0.6 is 0 Å². The zero-order valence-corrected chi connectivity index (χ0v) is 14.9. The first-order chi connectivity index (χ1) is 11.6. The topological polar surface area (TPSA) is 130 Å². The Morgan fingerprint density at radius 2 is 1.52 bits per heavy atom. The predicted octanol–water partition coefficient (Wildman–Crippen LogP) is 1.65. The van der Waals surface area contributed by atoms with E-state index < -0.39 is 11.9 Å². The molecule has 0 atom stereocenters. The van der Waals surface area contributed by atoms with Gasteiger partial charge < -0.3 is 20.3 Å². The van der Waals surface area contributed by atoms with Gasteiger partial charge in [-0.1, -0.05) is 24.6 Å². The SMILES string of the molecule is CC(=O)O.CCC(=O)NCC(C)=O.Cc1ccc(OCC(=O)O)cc1. The van der Waals surface area contributed by atoms with Gasteiger partial charge in [-0.3, -0.25) is 14.4 Å². The molecule has 3 N–H and O–H groups in total. The molecule has 8 heteroatoms. The van der Waals surface area contributed by atoms with Crippen LogP contribution in [-0.2, 0) is 19.2 Å². The molecule has 1 aromatic carbocycles. The molecule has 0 aliphatic heterocycles. The standard InChI is InChI=1S/C9H10O3.C6H11NO2.C2H4O2/c1-7-2-4-8(5-3-7)12-6-9(10)11;1-3-6(9)7-4-5(2)8;1-2(3)4/h2-5H,6H2,1H3,(H,10,11);3-4H2,1-2H3,(H,7,9);1H3,(H,3,4). The Balaban J connectivity index is 0. The second kappa shape index (κ2) is 14.7. The summed E-state index contributed by atoms with van der Waals surface area (Å²) in [5.41, 5.74) is 1.12. The fourth-order valence-corrected chi connectivity index (χ4v) is 1.13. The van der Waals surface area contributed by atoms with Crippen molar-refractivity contribution in [1.82, 2.24) is 5.32 Å². The highest BCUT2D eigenvalue weighted by Gasteiger charge is 1.97. The van der Waals surface area contributed by atoms with Gasteiger partial charge in [0.05, 0.1) is 6.54 Å². The summed E-state index contributed by atoms with van der Waals surface area (Å²) >= 11 is 0. The molecule has 0 fully saturated rings. The third kappa shape index (κ3) is 21.1. The summed E-state index contributed by atoms with van der Waals surface area (Å²) in [5.74, 6) is -1.31. The number of benzene rings is 1. The minimum atomic E-state index is -0.962. The number of rotatable bonds is 6. The van der Waals surface area contributed by atoms with Crippen molar-refractivity contribution in [1.29, 1.82) is 0 Å². The fourth-order valence-electron chi connectivity index (χ4n) is 1.13. The number of amides is 1. The van der Waals surface area contributed by atoms with E-state index in [1.165, 1.54) is 6.92 Å². The summed E-state index contributed by atoms with van der Waals surface area (Å²) in [6.07, 6.45) is 0.438. The van der Waals surface area contributed by atoms with Crippen molar-refractivity contribution in [3.8, 4) is 5.75 Å². The van der Waals surface area contributed by atoms with Gasteiger partial charge in [0.2, 0.25) is 5.91 Å². The van der Waals surface area contributed by atoms with E-state index in [0.717, 1.165) is 12.5 Å². The van der Waals surface area contributed by atoms with Crippen LogP contribution in [0.5, 0.6) is 5.75 Å². The van der Waals surface area contributed by atoms with E-state index >= 15 is 0 Å². The molecule has 25 heavy (non-hydrogen) atoms. The highest BCUT2D eigenvalue weighted by atomic mass is 16.5. The number of aryl methyl sites for hydroxylation is 1. The maximum atomic E-state index is 10.5. The lowest BCUT2D eigenvalue weighted by molar-refractivity contribution is -0.139. The van der Waals surface area contributed by atoms with E-state index in [-0.39, 0.29) is 24.8 Å². The van der Waals surface area contributed by atoms with Crippen molar-refractivity contribution in [2.45, 2.75) is 34.1 Å². The number of hydrogen-bond donors (Lipinski definition) is 3. The number of nitrogens with one attached hydrogen (secondary N) is 1. The molecule has 0 bridgehead atoms. The fraction of sp³-hybridized carbons (Fsp3) is 0.412. The summed E-state index contributed by atoms with van der Waals surface area (Å²) in [4.78, 5) is 39.8. The Bertz CT molecular complexity index is 549. The van der Waals surface area contributed by atoms with Crippen LogP contribution in [0.2, 0.25) is 0 Å². The molecule has 0 heterocycles. The zero-order chi connectivity index (χ0) is 19.8. The molecule has 0 aliphatic rings. The summed E-state index contributed by atoms with van der Waals surface area (Å²) < 4.78 is 4.92. The van der Waals surface area contributed by atoms with Crippen LogP contribution in [0.1, 0.15) is 32.8 Å². The lowest BCUT2D eigenvalue weighted by atomic mass is 10.2. The quantitative estimate of drug-likeness (QED) is 0.707. The van der Waals surface area contributed by atoms with Crippen molar-refractivity contribution < 1.29 is 34.1 Å². The molecule has 0 saturated carbocycles. The number of Topliss-reactive ketones (excluding diaryl/α,β-unsaturated/α-hetero) is 1. The van der Waals surface area contributed by atoms with Gasteiger partial charge in [-0.2, -0.15) is 0 Å². The lowest BCUT2D eigenvalue weighted by Crippen LogP contribution is -2.27. The third-order valence-electron chi connectivity index (χ3n) is 2.24. The van der Waals surface area contributed by atoms with E-state index in [1.54, 1.807) is 19.1 Å².